The van der Waals surface area contributed by atoms with Gasteiger partial charge in [0.25, 0.3) is 0 Å². The highest BCUT2D eigenvalue weighted by molar-refractivity contribution is 5.72. The number of aryl methyl sites for hydroxylation is 3. The van der Waals surface area contributed by atoms with Crippen molar-refractivity contribution in [2.45, 2.75) is 71.8 Å². The second kappa shape index (κ2) is 12.1. The first-order valence-corrected chi connectivity index (χ1v) is 12.4. The van der Waals surface area contributed by atoms with Crippen LogP contribution in [0, 0.1) is 0 Å². The van der Waals surface area contributed by atoms with Crippen molar-refractivity contribution in [1.29, 1.82) is 0 Å². The van der Waals surface area contributed by atoms with Gasteiger partial charge in [0.2, 0.25) is 0 Å². The zero-order valence-corrected chi connectivity index (χ0v) is 20.5. The molecule has 0 heterocycles. The summed E-state index contributed by atoms with van der Waals surface area (Å²) in [5.41, 5.74) is 6.30. The Morgan fingerprint density at radius 1 is 0.735 bits per heavy atom. The van der Waals surface area contributed by atoms with E-state index in [1.165, 1.54) is 17.7 Å². The summed E-state index contributed by atoms with van der Waals surface area (Å²) in [6, 6.07) is 17.9. The van der Waals surface area contributed by atoms with Crippen LogP contribution in [0.25, 0.3) is 11.1 Å². The van der Waals surface area contributed by atoms with Gasteiger partial charge in [0.05, 0.1) is 5.56 Å². The molecule has 0 amide bonds. The van der Waals surface area contributed by atoms with Crippen molar-refractivity contribution in [2.24, 2.45) is 0 Å². The highest BCUT2D eigenvalue weighted by Gasteiger charge is 2.34. The normalized spacial score (nSPS) is 11.6. The molecule has 34 heavy (non-hydrogen) atoms. The molecule has 1 N–H and O–H groups in total. The summed E-state index contributed by atoms with van der Waals surface area (Å²) in [5.74, 6) is 0.160. The molecule has 2 nitrogen and oxygen atoms in total. The minimum atomic E-state index is -3.41. The van der Waals surface area contributed by atoms with Crippen LogP contribution in [0.4, 0.5) is 8.78 Å². The van der Waals surface area contributed by atoms with Gasteiger partial charge in [-0.2, -0.15) is 8.78 Å². The smallest absolute Gasteiger partial charge is 0.426 e. The van der Waals surface area contributed by atoms with Crippen LogP contribution in [0.2, 0.25) is 0 Å². The number of ether oxygens (including phenoxy) is 1. The number of unbranched alkanes of at least 4 members (excludes halogenated alkanes) is 2. The van der Waals surface area contributed by atoms with E-state index in [1.807, 2.05) is 19.1 Å². The number of aliphatic hydroxyl groups excluding tert-OH is 1. The van der Waals surface area contributed by atoms with Crippen molar-refractivity contribution in [3.63, 3.8) is 0 Å². The van der Waals surface area contributed by atoms with Crippen molar-refractivity contribution >= 4 is 0 Å². The average molecular weight is 467 g/mol. The topological polar surface area (TPSA) is 29.5 Å². The minimum Gasteiger partial charge on any atom is -0.429 e. The zero-order chi connectivity index (χ0) is 24.6. The molecule has 4 heteroatoms. The molecule has 0 saturated heterocycles. The number of alkyl halides is 2. The average Bonchev–Trinajstić information content (AvgIpc) is 2.84. The predicted octanol–water partition coefficient (Wildman–Crippen LogP) is 7.87. The minimum absolute atomic E-state index is 0.116. The zero-order valence-electron chi connectivity index (χ0n) is 20.5. The van der Waals surface area contributed by atoms with Gasteiger partial charge < -0.3 is 9.84 Å². The van der Waals surface area contributed by atoms with Gasteiger partial charge in [-0.25, -0.2) is 0 Å². The molecule has 0 aliphatic carbocycles. The van der Waals surface area contributed by atoms with Gasteiger partial charge in [0, 0.05) is 6.61 Å². The number of hydrogen-bond acceptors (Lipinski definition) is 2. The van der Waals surface area contributed by atoms with E-state index in [4.69, 9.17) is 4.74 Å². The fourth-order valence-corrected chi connectivity index (χ4v) is 4.33. The monoisotopic (exact) mass is 466 g/mol. The maximum absolute atomic E-state index is 14.9. The molecular weight excluding hydrogens is 430 g/mol. The number of hydrogen-bond donors (Lipinski definition) is 1. The molecule has 3 aromatic carbocycles. The van der Waals surface area contributed by atoms with E-state index in [1.54, 1.807) is 24.3 Å². The van der Waals surface area contributed by atoms with Gasteiger partial charge in [-0.1, -0.05) is 70.0 Å². The standard InChI is InChI=1S/C30H36F2O2/c1-4-7-8-9-22-10-13-26(14-11-22)30(31,32)34-27-15-17-29(25(6-3)21-27)28-16-12-23(18-19-33)20-24(28)5-2/h10-17,20-21,33H,4-9,18-19H2,1-3H3. The van der Waals surface area contributed by atoms with Crippen molar-refractivity contribution in [3.8, 4) is 16.9 Å². The molecule has 0 aliphatic heterocycles. The first kappa shape index (κ1) is 25.9. The van der Waals surface area contributed by atoms with Crippen LogP contribution in [0.15, 0.2) is 60.7 Å². The highest BCUT2D eigenvalue weighted by atomic mass is 19.3. The molecule has 0 atom stereocenters. The lowest BCUT2D eigenvalue weighted by molar-refractivity contribution is -0.185. The molecule has 3 rings (SSSR count). The second-order valence-corrected chi connectivity index (χ2v) is 8.76. The third kappa shape index (κ3) is 6.44. The van der Waals surface area contributed by atoms with Crippen molar-refractivity contribution in [1.82, 2.24) is 0 Å². The Balaban J connectivity index is 1.81. The first-order chi connectivity index (χ1) is 16.4. The van der Waals surface area contributed by atoms with E-state index in [-0.39, 0.29) is 17.9 Å². The maximum atomic E-state index is 14.9. The van der Waals surface area contributed by atoms with Crippen LogP contribution in [0.1, 0.15) is 67.9 Å². The second-order valence-electron chi connectivity index (χ2n) is 8.76. The molecule has 0 spiro atoms. The third-order valence-corrected chi connectivity index (χ3v) is 6.30. The lowest BCUT2D eigenvalue weighted by Crippen LogP contribution is -2.22. The molecule has 0 aliphatic rings. The summed E-state index contributed by atoms with van der Waals surface area (Å²) >= 11 is 0. The van der Waals surface area contributed by atoms with Crippen LogP contribution >= 0.6 is 0 Å². The van der Waals surface area contributed by atoms with Crippen molar-refractivity contribution in [2.75, 3.05) is 6.61 Å². The van der Waals surface area contributed by atoms with Crippen LogP contribution in [-0.2, 0) is 31.8 Å². The van der Waals surface area contributed by atoms with Crippen LogP contribution in [0.5, 0.6) is 5.75 Å². The Hall–Kier alpha value is -2.72. The predicted molar refractivity (Wildman–Crippen MR) is 136 cm³/mol. The Morgan fingerprint density at radius 3 is 1.97 bits per heavy atom. The van der Waals surface area contributed by atoms with Gasteiger partial charge in [0.1, 0.15) is 5.75 Å². The van der Waals surface area contributed by atoms with Crippen LogP contribution in [-0.4, -0.2) is 11.7 Å². The fraction of sp³-hybridized carbons (Fsp3) is 0.400. The SMILES string of the molecule is CCCCCc1ccc(C(F)(F)Oc2ccc(-c3ccc(CCO)cc3CC)c(CC)c2)cc1. The lowest BCUT2D eigenvalue weighted by atomic mass is 9.91. The van der Waals surface area contributed by atoms with Gasteiger partial charge in [-0.05, 0) is 89.8 Å². The van der Waals surface area contributed by atoms with E-state index < -0.39 is 6.11 Å². The fourth-order valence-electron chi connectivity index (χ4n) is 4.33. The largest absolute Gasteiger partial charge is 0.429 e. The molecular formula is C30H36F2O2. The Bertz CT molecular complexity index is 1060. The molecule has 0 aromatic heterocycles. The Kier molecular flexibility index (Phi) is 9.23. The highest BCUT2D eigenvalue weighted by Crippen LogP contribution is 2.36. The van der Waals surface area contributed by atoms with E-state index in [0.717, 1.165) is 59.9 Å². The molecule has 0 radical (unpaired) electrons. The number of benzene rings is 3. The van der Waals surface area contributed by atoms with Gasteiger partial charge >= 0.3 is 6.11 Å². The van der Waals surface area contributed by atoms with Crippen molar-refractivity contribution in [3.05, 3.63) is 88.5 Å². The Labute approximate surface area is 202 Å². The summed E-state index contributed by atoms with van der Waals surface area (Å²) in [7, 11) is 0. The molecule has 0 bridgehead atoms. The summed E-state index contributed by atoms with van der Waals surface area (Å²) in [6.45, 7) is 6.38. The van der Waals surface area contributed by atoms with Gasteiger partial charge in [-0.3, -0.25) is 0 Å². The number of halogens is 2. The molecule has 3 aromatic rings. The van der Waals surface area contributed by atoms with E-state index >= 15 is 0 Å². The molecule has 182 valence electrons. The van der Waals surface area contributed by atoms with Crippen molar-refractivity contribution < 1.29 is 18.6 Å². The summed E-state index contributed by atoms with van der Waals surface area (Å²) < 4.78 is 35.1. The molecule has 0 saturated carbocycles. The third-order valence-electron chi connectivity index (χ3n) is 6.30. The van der Waals surface area contributed by atoms with E-state index in [2.05, 4.69) is 26.0 Å². The number of aliphatic hydroxyl groups is 1. The Morgan fingerprint density at radius 2 is 1.35 bits per heavy atom. The van der Waals surface area contributed by atoms with E-state index in [9.17, 15) is 13.9 Å². The quantitative estimate of drug-likeness (QED) is 0.275. The van der Waals surface area contributed by atoms with Gasteiger partial charge in [0.15, 0.2) is 0 Å². The summed E-state index contributed by atoms with van der Waals surface area (Å²) in [6.07, 6.45) is 3.02. The summed E-state index contributed by atoms with van der Waals surface area (Å²) in [4.78, 5) is 0. The summed E-state index contributed by atoms with van der Waals surface area (Å²) in [5, 5.41) is 9.24. The molecule has 0 unspecified atom stereocenters. The van der Waals surface area contributed by atoms with Crippen LogP contribution < -0.4 is 4.74 Å². The van der Waals surface area contributed by atoms with Gasteiger partial charge in [-0.15, -0.1) is 0 Å². The number of rotatable bonds is 12. The lowest BCUT2D eigenvalue weighted by Gasteiger charge is -2.20. The maximum Gasteiger partial charge on any atom is 0.426 e. The van der Waals surface area contributed by atoms with E-state index in [0.29, 0.717) is 12.8 Å². The molecule has 0 fully saturated rings. The first-order valence-electron chi connectivity index (χ1n) is 12.4. The van der Waals surface area contributed by atoms with Crippen LogP contribution in [0.3, 0.4) is 0 Å².